The number of anilines is 1. The Hall–Kier alpha value is -3.00. The fourth-order valence-corrected chi connectivity index (χ4v) is 2.79. The first kappa shape index (κ1) is 17.8. The van der Waals surface area contributed by atoms with Crippen molar-refractivity contribution in [1.82, 2.24) is 15.3 Å². The van der Waals surface area contributed by atoms with Crippen LogP contribution < -0.4 is 10.6 Å². The number of nitrogens with zero attached hydrogens (tertiary/aromatic N) is 2. The number of hydrogen-bond acceptors (Lipinski definition) is 4. The van der Waals surface area contributed by atoms with E-state index in [0.29, 0.717) is 5.52 Å². The predicted molar refractivity (Wildman–Crippen MR) is 101 cm³/mol. The van der Waals surface area contributed by atoms with E-state index in [1.54, 1.807) is 24.4 Å². The maximum atomic E-state index is 12.1. The van der Waals surface area contributed by atoms with E-state index in [9.17, 15) is 14.7 Å². The molecule has 26 heavy (non-hydrogen) atoms. The number of amides is 2. The molecule has 3 aromatic rings. The molecule has 1 heterocycles. The Bertz CT molecular complexity index is 950. The van der Waals surface area contributed by atoms with Gasteiger partial charge in [0.2, 0.25) is 5.95 Å². The fraction of sp³-hybridized carbons (Fsp3) is 0.111. The molecule has 0 saturated heterocycles. The molecular formula is C18H15BrN4O3. The van der Waals surface area contributed by atoms with Crippen LogP contribution in [-0.2, 0) is 11.2 Å². The second-order valence-electron chi connectivity index (χ2n) is 5.58. The maximum absolute atomic E-state index is 12.1. The molecule has 2 aromatic carbocycles. The summed E-state index contributed by atoms with van der Waals surface area (Å²) in [4.78, 5) is 31.9. The monoisotopic (exact) mass is 414 g/mol. The zero-order chi connectivity index (χ0) is 18.5. The molecular weight excluding hydrogens is 400 g/mol. The minimum Gasteiger partial charge on any atom is -0.480 e. The third kappa shape index (κ3) is 4.54. The number of carboxylic acid groups (broad SMARTS) is 1. The van der Waals surface area contributed by atoms with Gasteiger partial charge in [-0.25, -0.2) is 19.6 Å². The number of carbonyl (C=O) groups excluding carboxylic acids is 1. The Labute approximate surface area is 157 Å². The number of halogens is 1. The Morgan fingerprint density at radius 2 is 1.92 bits per heavy atom. The summed E-state index contributed by atoms with van der Waals surface area (Å²) in [7, 11) is 0. The van der Waals surface area contributed by atoms with Crippen LogP contribution in [0.3, 0.4) is 0 Å². The van der Waals surface area contributed by atoms with Crippen LogP contribution in [0.25, 0.3) is 10.9 Å². The average molecular weight is 415 g/mol. The van der Waals surface area contributed by atoms with E-state index in [1.807, 2.05) is 30.3 Å². The quantitative estimate of drug-likeness (QED) is 0.594. The highest BCUT2D eigenvalue weighted by atomic mass is 79.9. The Balaban J connectivity index is 1.68. The van der Waals surface area contributed by atoms with Gasteiger partial charge in [-0.05, 0) is 23.8 Å². The van der Waals surface area contributed by atoms with Crippen LogP contribution in [0, 0.1) is 0 Å². The summed E-state index contributed by atoms with van der Waals surface area (Å²) in [5.41, 5.74) is 1.48. The van der Waals surface area contributed by atoms with E-state index < -0.39 is 18.0 Å². The molecule has 1 atom stereocenters. The largest absolute Gasteiger partial charge is 0.480 e. The Kier molecular flexibility index (Phi) is 5.43. The first-order valence-electron chi connectivity index (χ1n) is 7.78. The van der Waals surface area contributed by atoms with Crippen LogP contribution >= 0.6 is 15.9 Å². The molecule has 3 rings (SSSR count). The molecule has 0 saturated carbocycles. The van der Waals surface area contributed by atoms with Gasteiger partial charge in [0.15, 0.2) is 0 Å². The van der Waals surface area contributed by atoms with Crippen LogP contribution in [0.4, 0.5) is 10.7 Å². The number of aliphatic carboxylic acids is 1. The number of nitrogens with one attached hydrogen (secondary N) is 2. The van der Waals surface area contributed by atoms with Crippen molar-refractivity contribution in [3.05, 3.63) is 64.8 Å². The number of fused-ring (bicyclic) bond motifs is 1. The van der Waals surface area contributed by atoms with Crippen molar-refractivity contribution in [2.24, 2.45) is 0 Å². The number of carbonyl (C=O) groups is 2. The summed E-state index contributed by atoms with van der Waals surface area (Å²) >= 11 is 3.37. The van der Waals surface area contributed by atoms with Crippen molar-refractivity contribution in [3.8, 4) is 0 Å². The van der Waals surface area contributed by atoms with Crippen molar-refractivity contribution >= 4 is 44.8 Å². The van der Waals surface area contributed by atoms with Crippen molar-refractivity contribution in [3.63, 3.8) is 0 Å². The Morgan fingerprint density at radius 1 is 1.15 bits per heavy atom. The van der Waals surface area contributed by atoms with Gasteiger partial charge in [0.05, 0.1) is 5.52 Å². The smallest absolute Gasteiger partial charge is 0.326 e. The normalized spacial score (nSPS) is 11.7. The lowest BCUT2D eigenvalue weighted by Gasteiger charge is -2.15. The first-order chi connectivity index (χ1) is 12.5. The molecule has 0 fully saturated rings. The molecule has 2 amide bonds. The second-order valence-corrected chi connectivity index (χ2v) is 6.49. The molecule has 8 heteroatoms. The van der Waals surface area contributed by atoms with E-state index in [2.05, 4.69) is 36.5 Å². The van der Waals surface area contributed by atoms with Gasteiger partial charge in [0, 0.05) is 22.5 Å². The zero-order valence-electron chi connectivity index (χ0n) is 13.5. The third-order valence-electron chi connectivity index (χ3n) is 3.65. The van der Waals surface area contributed by atoms with E-state index in [1.165, 1.54) is 0 Å². The van der Waals surface area contributed by atoms with Gasteiger partial charge in [0.25, 0.3) is 0 Å². The van der Waals surface area contributed by atoms with Gasteiger partial charge in [-0.2, -0.15) is 0 Å². The third-order valence-corrected chi connectivity index (χ3v) is 4.15. The summed E-state index contributed by atoms with van der Waals surface area (Å²) in [5.74, 6) is -1.02. The highest BCUT2D eigenvalue weighted by molar-refractivity contribution is 9.10. The van der Waals surface area contributed by atoms with Crippen molar-refractivity contribution in [2.75, 3.05) is 5.32 Å². The van der Waals surface area contributed by atoms with Crippen LogP contribution in [0.2, 0.25) is 0 Å². The van der Waals surface area contributed by atoms with Crippen LogP contribution in [0.5, 0.6) is 0 Å². The molecule has 0 aliphatic heterocycles. The topological polar surface area (TPSA) is 104 Å². The summed E-state index contributed by atoms with van der Waals surface area (Å²) < 4.78 is 0.900. The number of urea groups is 1. The average Bonchev–Trinajstić information content (AvgIpc) is 2.62. The van der Waals surface area contributed by atoms with Gasteiger partial charge in [-0.3, -0.25) is 5.32 Å². The molecule has 0 spiro atoms. The maximum Gasteiger partial charge on any atom is 0.326 e. The highest BCUT2D eigenvalue weighted by Gasteiger charge is 2.20. The molecule has 0 bridgehead atoms. The molecule has 1 aromatic heterocycles. The summed E-state index contributed by atoms with van der Waals surface area (Å²) in [6.07, 6.45) is 1.76. The standard InChI is InChI=1S/C18H15BrN4O3/c19-13-6-7-14-12(9-13)10-20-17(21-14)23-18(26)22-15(16(24)25)8-11-4-2-1-3-5-11/h1-7,9-10,15H,8H2,(H,24,25)(H2,20,21,22,23,26). The van der Waals surface area contributed by atoms with Gasteiger partial charge >= 0.3 is 12.0 Å². The predicted octanol–water partition coefficient (Wildman–Crippen LogP) is 3.21. The van der Waals surface area contributed by atoms with E-state index in [-0.39, 0.29) is 12.4 Å². The first-order valence-corrected chi connectivity index (χ1v) is 8.57. The Morgan fingerprint density at radius 3 is 2.65 bits per heavy atom. The van der Waals surface area contributed by atoms with Crippen LogP contribution in [0.15, 0.2) is 59.2 Å². The SMILES string of the molecule is O=C(Nc1ncc2cc(Br)ccc2n1)NC(Cc1ccccc1)C(=O)O. The molecule has 3 N–H and O–H groups in total. The number of benzene rings is 2. The van der Waals surface area contributed by atoms with E-state index in [0.717, 1.165) is 15.4 Å². The van der Waals surface area contributed by atoms with Crippen molar-refractivity contribution in [2.45, 2.75) is 12.5 Å². The number of hydrogen-bond donors (Lipinski definition) is 3. The van der Waals surface area contributed by atoms with Crippen molar-refractivity contribution in [1.29, 1.82) is 0 Å². The second kappa shape index (κ2) is 7.92. The number of rotatable bonds is 5. The fourth-order valence-electron chi connectivity index (χ4n) is 2.41. The van der Waals surface area contributed by atoms with Crippen molar-refractivity contribution < 1.29 is 14.7 Å². The summed E-state index contributed by atoms with van der Waals surface area (Å²) in [5, 5.41) is 15.1. The molecule has 132 valence electrons. The van der Waals surface area contributed by atoms with Crippen LogP contribution in [-0.4, -0.2) is 33.1 Å². The lowest BCUT2D eigenvalue weighted by atomic mass is 10.1. The van der Waals surface area contributed by atoms with Gasteiger partial charge in [-0.15, -0.1) is 0 Å². The summed E-state index contributed by atoms with van der Waals surface area (Å²) in [6.45, 7) is 0. The van der Waals surface area contributed by atoms with Gasteiger partial charge < -0.3 is 10.4 Å². The molecule has 0 aliphatic rings. The summed E-state index contributed by atoms with van der Waals surface area (Å²) in [6, 6.07) is 12.8. The molecule has 0 aliphatic carbocycles. The highest BCUT2D eigenvalue weighted by Crippen LogP contribution is 2.18. The molecule has 1 unspecified atom stereocenters. The zero-order valence-corrected chi connectivity index (χ0v) is 15.1. The number of carboxylic acids is 1. The molecule has 7 nitrogen and oxygen atoms in total. The number of aromatic nitrogens is 2. The molecule has 0 radical (unpaired) electrons. The van der Waals surface area contributed by atoms with E-state index in [4.69, 9.17) is 0 Å². The van der Waals surface area contributed by atoms with Gasteiger partial charge in [-0.1, -0.05) is 46.3 Å². The lowest BCUT2D eigenvalue weighted by Crippen LogP contribution is -2.44. The van der Waals surface area contributed by atoms with Crippen LogP contribution in [0.1, 0.15) is 5.56 Å². The minimum atomic E-state index is -1.12. The lowest BCUT2D eigenvalue weighted by molar-refractivity contribution is -0.139. The van der Waals surface area contributed by atoms with E-state index >= 15 is 0 Å². The van der Waals surface area contributed by atoms with Gasteiger partial charge in [0.1, 0.15) is 6.04 Å². The minimum absolute atomic E-state index is 0.0983.